The first-order valence-electron chi connectivity index (χ1n) is 9.78. The van der Waals surface area contributed by atoms with Gasteiger partial charge in [-0.2, -0.15) is 0 Å². The van der Waals surface area contributed by atoms with Crippen LogP contribution in [-0.4, -0.2) is 56.8 Å². The van der Waals surface area contributed by atoms with E-state index in [0.29, 0.717) is 20.6 Å². The number of thiophene rings is 1. The maximum absolute atomic E-state index is 12.3. The molecule has 0 spiro atoms. The zero-order chi connectivity index (χ0) is 22.2. The minimum atomic E-state index is -1.92. The van der Waals surface area contributed by atoms with Crippen molar-refractivity contribution in [2.75, 3.05) is 42.6 Å². The average Bonchev–Trinajstić information content (AvgIpc) is 3.34. The van der Waals surface area contributed by atoms with Crippen molar-refractivity contribution in [2.45, 2.75) is 6.10 Å². The molecule has 0 saturated carbocycles. The van der Waals surface area contributed by atoms with Crippen molar-refractivity contribution < 1.29 is 26.6 Å². The maximum Gasteiger partial charge on any atom is 0.414 e. The molecule has 2 saturated heterocycles. The summed E-state index contributed by atoms with van der Waals surface area (Å²) in [5, 5.41) is 2.73. The highest BCUT2D eigenvalue weighted by Crippen LogP contribution is 2.26. The SMILES string of the molecule is [2H]C1([2H])CN(c2ccc(N3C[C@H](CNC(=O)c4ccc(Cl)s4)OC3=O)cc2)C(=O)CO1. The van der Waals surface area contributed by atoms with Crippen molar-refractivity contribution in [2.24, 2.45) is 0 Å². The van der Waals surface area contributed by atoms with Gasteiger partial charge in [0.25, 0.3) is 11.8 Å². The van der Waals surface area contributed by atoms with Gasteiger partial charge in [0.1, 0.15) is 12.7 Å². The summed E-state index contributed by atoms with van der Waals surface area (Å²) in [4.78, 5) is 39.7. The second kappa shape index (κ2) is 8.40. The zero-order valence-electron chi connectivity index (χ0n) is 17.1. The molecule has 3 amide bonds. The van der Waals surface area contributed by atoms with Crippen molar-refractivity contribution in [1.29, 1.82) is 0 Å². The number of ether oxygens (including phenoxy) is 2. The van der Waals surface area contributed by atoms with Crippen molar-refractivity contribution in [3.05, 3.63) is 45.6 Å². The number of nitrogens with zero attached hydrogens (tertiary/aromatic N) is 2. The second-order valence-corrected chi connectivity index (χ2v) is 8.07. The lowest BCUT2D eigenvalue weighted by Crippen LogP contribution is -2.41. The van der Waals surface area contributed by atoms with Gasteiger partial charge in [-0.25, -0.2) is 4.79 Å². The van der Waals surface area contributed by atoms with Crippen LogP contribution in [0.5, 0.6) is 0 Å². The minimum Gasteiger partial charge on any atom is -0.442 e. The van der Waals surface area contributed by atoms with Crippen LogP contribution in [0.15, 0.2) is 36.4 Å². The molecule has 1 N–H and O–H groups in total. The number of benzene rings is 1. The summed E-state index contributed by atoms with van der Waals surface area (Å²) in [6.45, 7) is -2.06. The summed E-state index contributed by atoms with van der Waals surface area (Å²) in [5.41, 5.74) is 1.07. The lowest BCUT2D eigenvalue weighted by atomic mass is 10.2. The Labute approximate surface area is 178 Å². The fourth-order valence-corrected chi connectivity index (χ4v) is 3.96. The average molecular weight is 438 g/mol. The molecule has 1 aromatic carbocycles. The Bertz CT molecular complexity index is 1020. The normalized spacial score (nSPS) is 22.2. The van der Waals surface area contributed by atoms with E-state index in [-0.39, 0.29) is 38.1 Å². The second-order valence-electron chi connectivity index (χ2n) is 6.36. The molecule has 4 rings (SSSR count). The monoisotopic (exact) mass is 437 g/mol. The van der Waals surface area contributed by atoms with Gasteiger partial charge >= 0.3 is 6.09 Å². The number of carbonyl (C=O) groups excluding carboxylic acids is 3. The maximum atomic E-state index is 12.3. The Morgan fingerprint density at radius 2 is 1.93 bits per heavy atom. The van der Waals surface area contributed by atoms with Crippen LogP contribution in [0.3, 0.4) is 0 Å². The van der Waals surface area contributed by atoms with E-state index < -0.39 is 18.8 Å². The molecule has 2 aliphatic heterocycles. The molecule has 1 atom stereocenters. The van der Waals surface area contributed by atoms with Gasteiger partial charge in [0.2, 0.25) is 0 Å². The third-order valence-corrected chi connectivity index (χ3v) is 5.69. The molecule has 0 unspecified atom stereocenters. The molecule has 8 nitrogen and oxygen atoms in total. The van der Waals surface area contributed by atoms with Crippen LogP contribution in [0, 0.1) is 0 Å². The topological polar surface area (TPSA) is 88.2 Å². The molecule has 10 heteroatoms. The van der Waals surface area contributed by atoms with Crippen LogP contribution in [-0.2, 0) is 14.3 Å². The summed E-state index contributed by atoms with van der Waals surface area (Å²) < 4.78 is 26.1. The Hall–Kier alpha value is -2.62. The largest absolute Gasteiger partial charge is 0.442 e. The lowest BCUT2D eigenvalue weighted by molar-refractivity contribution is -0.125. The number of cyclic esters (lactones) is 1. The van der Waals surface area contributed by atoms with Crippen molar-refractivity contribution in [3.8, 4) is 0 Å². The van der Waals surface area contributed by atoms with Crippen LogP contribution < -0.4 is 15.1 Å². The molecule has 1 aromatic heterocycles. The van der Waals surface area contributed by atoms with E-state index in [1.165, 1.54) is 21.1 Å². The van der Waals surface area contributed by atoms with Crippen LogP contribution in [0.25, 0.3) is 0 Å². The third-order valence-electron chi connectivity index (χ3n) is 4.46. The van der Waals surface area contributed by atoms with Gasteiger partial charge in [-0.05, 0) is 36.4 Å². The number of amides is 3. The van der Waals surface area contributed by atoms with E-state index in [1.54, 1.807) is 36.4 Å². The number of hydrogen-bond acceptors (Lipinski definition) is 6. The first-order valence-corrected chi connectivity index (χ1v) is 9.97. The summed E-state index contributed by atoms with van der Waals surface area (Å²) in [7, 11) is 0. The predicted molar refractivity (Wildman–Crippen MR) is 109 cm³/mol. The fourth-order valence-electron chi connectivity index (χ4n) is 3.01. The number of rotatable bonds is 5. The van der Waals surface area contributed by atoms with E-state index in [4.69, 9.17) is 23.8 Å². The van der Waals surface area contributed by atoms with E-state index in [0.717, 1.165) is 0 Å². The smallest absolute Gasteiger partial charge is 0.414 e. The van der Waals surface area contributed by atoms with Gasteiger partial charge in [0.15, 0.2) is 0 Å². The Balaban J connectivity index is 1.37. The van der Waals surface area contributed by atoms with E-state index >= 15 is 0 Å². The first-order chi connectivity index (χ1) is 14.7. The first kappa shape index (κ1) is 17.3. The molecule has 0 bridgehead atoms. The quantitative estimate of drug-likeness (QED) is 0.776. The van der Waals surface area contributed by atoms with Gasteiger partial charge in [0, 0.05) is 17.9 Å². The summed E-state index contributed by atoms with van der Waals surface area (Å²) in [5.74, 6) is -0.628. The number of anilines is 2. The molecule has 2 aliphatic rings. The van der Waals surface area contributed by atoms with Gasteiger partial charge in [-0.15, -0.1) is 11.3 Å². The number of halogens is 1. The van der Waals surface area contributed by atoms with Crippen LogP contribution in [0.2, 0.25) is 4.34 Å². The molecule has 0 aliphatic carbocycles. The Morgan fingerprint density at radius 1 is 1.21 bits per heavy atom. The highest BCUT2D eigenvalue weighted by atomic mass is 35.5. The van der Waals surface area contributed by atoms with E-state index in [9.17, 15) is 14.4 Å². The minimum absolute atomic E-state index is 0.159. The molecule has 3 heterocycles. The molecular formula is C19H18ClN3O5S. The van der Waals surface area contributed by atoms with Crippen molar-refractivity contribution in [1.82, 2.24) is 5.32 Å². The van der Waals surface area contributed by atoms with Gasteiger partial charge in [0.05, 0.1) is 31.6 Å². The van der Waals surface area contributed by atoms with Crippen LogP contribution >= 0.6 is 22.9 Å². The molecule has 0 radical (unpaired) electrons. The molecule has 2 fully saturated rings. The summed E-state index contributed by atoms with van der Waals surface area (Å²) in [6.07, 6.45) is -1.05. The highest BCUT2D eigenvalue weighted by Gasteiger charge is 2.33. The van der Waals surface area contributed by atoms with Gasteiger partial charge in [-0.1, -0.05) is 11.6 Å². The summed E-state index contributed by atoms with van der Waals surface area (Å²) in [6, 6.07) is 9.85. The number of morpholine rings is 1. The summed E-state index contributed by atoms with van der Waals surface area (Å²) >= 11 is 7.00. The number of hydrogen-bond donors (Lipinski definition) is 1. The zero-order valence-corrected chi connectivity index (χ0v) is 16.7. The Morgan fingerprint density at radius 3 is 2.62 bits per heavy atom. The van der Waals surface area contributed by atoms with E-state index in [1.807, 2.05) is 0 Å². The number of carbonyl (C=O) groups is 3. The van der Waals surface area contributed by atoms with Crippen molar-refractivity contribution in [3.63, 3.8) is 0 Å². The highest BCUT2D eigenvalue weighted by molar-refractivity contribution is 7.18. The molecule has 152 valence electrons. The van der Waals surface area contributed by atoms with E-state index in [2.05, 4.69) is 5.32 Å². The Kier molecular flexibility index (Phi) is 5.00. The molecule has 2 aromatic rings. The van der Waals surface area contributed by atoms with Gasteiger partial charge < -0.3 is 19.7 Å². The van der Waals surface area contributed by atoms with Gasteiger partial charge in [-0.3, -0.25) is 14.5 Å². The fraction of sp³-hybridized carbons (Fsp3) is 0.316. The van der Waals surface area contributed by atoms with Crippen molar-refractivity contribution >= 4 is 52.2 Å². The standard InChI is InChI=1S/C19H18ClN3O5S/c20-16-6-5-15(29-16)18(25)21-9-14-10-23(19(26)28-14)13-3-1-12(2-4-13)22-7-8-27-11-17(22)24/h1-6,14H,7-11H2,(H,21,25)/t14-/m0/s1/i8D2. The number of nitrogens with one attached hydrogen (secondary N) is 1. The lowest BCUT2D eigenvalue weighted by Gasteiger charge is -2.27. The van der Waals surface area contributed by atoms with Crippen LogP contribution in [0.1, 0.15) is 12.4 Å². The molecular weight excluding hydrogens is 418 g/mol. The third kappa shape index (κ3) is 4.36. The molecule has 29 heavy (non-hydrogen) atoms. The van der Waals surface area contributed by atoms with Crippen LogP contribution in [0.4, 0.5) is 16.2 Å². The predicted octanol–water partition coefficient (Wildman–Crippen LogP) is 2.52.